The lowest BCUT2D eigenvalue weighted by molar-refractivity contribution is 1.53. The fourth-order valence-electron chi connectivity index (χ4n) is 2.04. The van der Waals surface area contributed by atoms with Gasteiger partial charge in [-0.3, -0.25) is 0 Å². The van der Waals surface area contributed by atoms with Crippen LogP contribution in [-0.2, 0) is 0 Å². The maximum atomic E-state index is 2.36. The summed E-state index contributed by atoms with van der Waals surface area (Å²) in [7, 11) is -0.367. The molecule has 0 aromatic heterocycles. The zero-order valence-corrected chi connectivity index (χ0v) is 9.96. The average molecular weight is 199 g/mol. The molecule has 0 saturated carbocycles. The smallest absolute Gasteiger partial charge is 0.0671 e. The van der Waals surface area contributed by atoms with Crippen LogP contribution < -0.4 is 5.19 Å². The molecule has 0 spiro atoms. The van der Waals surface area contributed by atoms with Gasteiger partial charge in [0.05, 0.1) is 8.80 Å². The minimum absolute atomic E-state index is 0.367. The van der Waals surface area contributed by atoms with Crippen LogP contribution in [0.2, 0.25) is 13.1 Å². The van der Waals surface area contributed by atoms with Crippen LogP contribution in [0.1, 0.15) is 5.56 Å². The Labute approximate surface area is 87.2 Å². The van der Waals surface area contributed by atoms with Gasteiger partial charge in [-0.05, 0) is 17.7 Å². The first-order valence-electron chi connectivity index (χ1n) is 4.99. The van der Waals surface area contributed by atoms with Crippen molar-refractivity contribution in [2.24, 2.45) is 0 Å². The van der Waals surface area contributed by atoms with E-state index in [2.05, 4.69) is 56.4 Å². The van der Waals surface area contributed by atoms with Gasteiger partial charge in [0, 0.05) is 0 Å². The highest BCUT2D eigenvalue weighted by Crippen LogP contribution is 2.14. The van der Waals surface area contributed by atoms with E-state index in [0.29, 0.717) is 0 Å². The Morgan fingerprint density at radius 3 is 2.36 bits per heavy atom. The van der Waals surface area contributed by atoms with Gasteiger partial charge >= 0.3 is 0 Å². The maximum Gasteiger partial charge on any atom is 0.0803 e. The standard InChI is InChI=1S/C13H15Si/c1-10-8-9-11-6-4-5-7-12(11)13(10)14(2)3/h4-9H,1-3H3. The lowest BCUT2D eigenvalue weighted by Crippen LogP contribution is -2.26. The third-order valence-electron chi connectivity index (χ3n) is 2.64. The number of hydrogen-bond acceptors (Lipinski definition) is 0. The molecule has 0 fully saturated rings. The van der Waals surface area contributed by atoms with Crippen LogP contribution in [0.3, 0.4) is 0 Å². The Balaban J connectivity index is 2.83. The highest BCUT2D eigenvalue weighted by atomic mass is 28.3. The number of hydrogen-bond donors (Lipinski definition) is 0. The second kappa shape index (κ2) is 3.58. The first-order valence-corrected chi connectivity index (χ1v) is 7.49. The number of benzene rings is 2. The molecule has 71 valence electrons. The number of rotatable bonds is 1. The highest BCUT2D eigenvalue weighted by molar-refractivity contribution is 6.73. The van der Waals surface area contributed by atoms with E-state index in [0.717, 1.165) is 0 Å². The van der Waals surface area contributed by atoms with E-state index >= 15 is 0 Å². The molecule has 1 radical (unpaired) electrons. The molecule has 2 aromatic rings. The quantitative estimate of drug-likeness (QED) is 0.619. The van der Waals surface area contributed by atoms with Crippen LogP contribution in [0.25, 0.3) is 10.8 Å². The summed E-state index contributed by atoms with van der Waals surface area (Å²) in [6, 6.07) is 13.2. The third-order valence-corrected chi connectivity index (χ3v) is 4.30. The van der Waals surface area contributed by atoms with E-state index in [9.17, 15) is 0 Å². The van der Waals surface area contributed by atoms with Gasteiger partial charge in [-0.25, -0.2) is 0 Å². The Kier molecular flexibility index (Phi) is 2.42. The lowest BCUT2D eigenvalue weighted by atomic mass is 10.1. The molecule has 0 saturated heterocycles. The van der Waals surface area contributed by atoms with Gasteiger partial charge in [-0.2, -0.15) is 0 Å². The Bertz CT molecular complexity index is 458. The van der Waals surface area contributed by atoms with E-state index in [1.54, 1.807) is 5.19 Å². The average Bonchev–Trinajstić information content (AvgIpc) is 2.17. The van der Waals surface area contributed by atoms with Crippen molar-refractivity contribution in [2.45, 2.75) is 20.0 Å². The Morgan fingerprint density at radius 2 is 1.64 bits per heavy atom. The second-order valence-electron chi connectivity index (χ2n) is 3.98. The monoisotopic (exact) mass is 199 g/mol. The predicted octanol–water partition coefficient (Wildman–Crippen LogP) is 3.11. The van der Waals surface area contributed by atoms with Crippen LogP contribution in [0.4, 0.5) is 0 Å². The molecule has 0 aliphatic heterocycles. The summed E-state index contributed by atoms with van der Waals surface area (Å²) >= 11 is 0. The van der Waals surface area contributed by atoms with Gasteiger partial charge < -0.3 is 0 Å². The number of fused-ring (bicyclic) bond motifs is 1. The predicted molar refractivity (Wildman–Crippen MR) is 65.8 cm³/mol. The molecule has 0 aliphatic carbocycles. The first-order chi connectivity index (χ1) is 6.70. The summed E-state index contributed by atoms with van der Waals surface area (Å²) in [4.78, 5) is 0. The van der Waals surface area contributed by atoms with Crippen LogP contribution in [-0.4, -0.2) is 8.80 Å². The molecule has 2 rings (SSSR count). The topological polar surface area (TPSA) is 0 Å². The lowest BCUT2D eigenvalue weighted by Gasteiger charge is -2.12. The molecule has 14 heavy (non-hydrogen) atoms. The maximum absolute atomic E-state index is 2.36. The Morgan fingerprint density at radius 1 is 0.929 bits per heavy atom. The van der Waals surface area contributed by atoms with Crippen molar-refractivity contribution >= 4 is 24.8 Å². The summed E-state index contributed by atoms with van der Waals surface area (Å²) in [5.74, 6) is 0. The van der Waals surface area contributed by atoms with E-state index in [1.807, 2.05) is 0 Å². The molecule has 0 bridgehead atoms. The summed E-state index contributed by atoms with van der Waals surface area (Å²) < 4.78 is 0. The number of aryl methyl sites for hydroxylation is 1. The van der Waals surface area contributed by atoms with Gasteiger partial charge in [-0.15, -0.1) is 0 Å². The molecule has 0 amide bonds. The fraction of sp³-hybridized carbons (Fsp3) is 0.231. The van der Waals surface area contributed by atoms with Crippen LogP contribution >= 0.6 is 0 Å². The molecule has 0 heterocycles. The molecule has 2 aromatic carbocycles. The third kappa shape index (κ3) is 1.48. The minimum Gasteiger partial charge on any atom is -0.0671 e. The van der Waals surface area contributed by atoms with E-state index < -0.39 is 0 Å². The van der Waals surface area contributed by atoms with Crippen molar-refractivity contribution in [3.05, 3.63) is 42.0 Å². The van der Waals surface area contributed by atoms with Crippen molar-refractivity contribution in [3.63, 3.8) is 0 Å². The molecule has 0 nitrogen and oxygen atoms in total. The van der Waals surface area contributed by atoms with Gasteiger partial charge in [0.25, 0.3) is 0 Å². The highest BCUT2D eigenvalue weighted by Gasteiger charge is 2.08. The summed E-state index contributed by atoms with van der Waals surface area (Å²) in [5, 5.41) is 4.42. The van der Waals surface area contributed by atoms with Crippen molar-refractivity contribution in [3.8, 4) is 0 Å². The Hall–Kier alpha value is -1.08. The summed E-state index contributed by atoms with van der Waals surface area (Å²) in [6.07, 6.45) is 0. The van der Waals surface area contributed by atoms with Crippen LogP contribution in [0.15, 0.2) is 36.4 Å². The molecular weight excluding hydrogens is 184 g/mol. The molecule has 0 unspecified atom stereocenters. The summed E-state index contributed by atoms with van der Waals surface area (Å²) in [6.45, 7) is 6.94. The van der Waals surface area contributed by atoms with E-state index in [-0.39, 0.29) is 8.80 Å². The van der Waals surface area contributed by atoms with Crippen LogP contribution in [0, 0.1) is 6.92 Å². The van der Waals surface area contributed by atoms with Gasteiger partial charge in [0.15, 0.2) is 0 Å². The van der Waals surface area contributed by atoms with Gasteiger partial charge in [0.2, 0.25) is 0 Å². The van der Waals surface area contributed by atoms with E-state index in [4.69, 9.17) is 0 Å². The van der Waals surface area contributed by atoms with Crippen molar-refractivity contribution in [1.29, 1.82) is 0 Å². The van der Waals surface area contributed by atoms with Crippen LogP contribution in [0.5, 0.6) is 0 Å². The van der Waals surface area contributed by atoms with Crippen molar-refractivity contribution < 1.29 is 0 Å². The molecular formula is C13H15Si. The molecule has 0 atom stereocenters. The van der Waals surface area contributed by atoms with Gasteiger partial charge in [0.1, 0.15) is 0 Å². The zero-order valence-electron chi connectivity index (χ0n) is 8.96. The van der Waals surface area contributed by atoms with Crippen molar-refractivity contribution in [2.75, 3.05) is 0 Å². The molecule has 0 aliphatic rings. The van der Waals surface area contributed by atoms with Gasteiger partial charge in [-0.1, -0.05) is 60.2 Å². The minimum atomic E-state index is -0.367. The molecule has 0 N–H and O–H groups in total. The zero-order chi connectivity index (χ0) is 10.1. The largest absolute Gasteiger partial charge is 0.0803 e. The van der Waals surface area contributed by atoms with Crippen molar-refractivity contribution in [1.82, 2.24) is 0 Å². The first kappa shape index (κ1) is 9.47. The summed E-state index contributed by atoms with van der Waals surface area (Å²) in [5.41, 5.74) is 1.45. The van der Waals surface area contributed by atoms with E-state index in [1.165, 1.54) is 16.3 Å². The molecule has 1 heteroatoms. The SMILES string of the molecule is Cc1ccc2ccccc2c1[Si](C)C. The normalized spacial score (nSPS) is 11.1. The fourth-order valence-corrected chi connectivity index (χ4v) is 3.68. The second-order valence-corrected chi connectivity index (χ2v) is 6.48.